The predicted octanol–water partition coefficient (Wildman–Crippen LogP) is 1.76. The van der Waals surface area contributed by atoms with Gasteiger partial charge in [0.1, 0.15) is 0 Å². The molecule has 1 aromatic carbocycles. The second-order valence-electron chi connectivity index (χ2n) is 3.63. The first-order valence-electron chi connectivity index (χ1n) is 5.30. The monoisotopic (exact) mass is 321 g/mol. The lowest BCUT2D eigenvalue weighted by Crippen LogP contribution is -2.33. The molecule has 1 aromatic rings. The molecule has 0 spiro atoms. The third-order valence-electron chi connectivity index (χ3n) is 2.47. The van der Waals surface area contributed by atoms with Gasteiger partial charge in [-0.3, -0.25) is 0 Å². The van der Waals surface area contributed by atoms with Crippen molar-refractivity contribution in [2.75, 3.05) is 19.7 Å². The molecule has 0 unspecified atom stereocenters. The first-order valence-corrected chi connectivity index (χ1v) is 7.54. The van der Waals surface area contributed by atoms with Crippen LogP contribution in [-0.2, 0) is 10.0 Å². The summed E-state index contributed by atoms with van der Waals surface area (Å²) in [6, 6.07) is 4.90. The Balaban J connectivity index is 3.15. The zero-order valence-electron chi connectivity index (χ0n) is 9.85. The molecule has 96 valence electrons. The third-order valence-corrected chi connectivity index (χ3v) is 5.33. The molecule has 4 nitrogen and oxygen atoms in total. The van der Waals surface area contributed by atoms with Gasteiger partial charge < -0.3 is 5.11 Å². The van der Waals surface area contributed by atoms with Gasteiger partial charge in [0.15, 0.2) is 0 Å². The van der Waals surface area contributed by atoms with Crippen LogP contribution in [0.4, 0.5) is 0 Å². The highest BCUT2D eigenvalue weighted by molar-refractivity contribution is 9.10. The summed E-state index contributed by atoms with van der Waals surface area (Å²) in [6.45, 7) is 3.87. The Labute approximate surface area is 110 Å². The highest BCUT2D eigenvalue weighted by atomic mass is 79.9. The second kappa shape index (κ2) is 5.95. The van der Waals surface area contributed by atoms with Gasteiger partial charge in [0.05, 0.1) is 11.5 Å². The van der Waals surface area contributed by atoms with E-state index < -0.39 is 10.0 Å². The molecule has 0 atom stereocenters. The van der Waals surface area contributed by atoms with E-state index in [0.717, 1.165) is 10.0 Å². The van der Waals surface area contributed by atoms with Crippen molar-refractivity contribution in [2.45, 2.75) is 18.7 Å². The minimum atomic E-state index is -3.50. The van der Waals surface area contributed by atoms with Gasteiger partial charge in [0, 0.05) is 17.6 Å². The molecule has 0 heterocycles. The van der Waals surface area contributed by atoms with Crippen LogP contribution in [0.5, 0.6) is 0 Å². The number of halogens is 1. The zero-order chi connectivity index (χ0) is 13.1. The molecule has 17 heavy (non-hydrogen) atoms. The number of benzene rings is 1. The minimum Gasteiger partial charge on any atom is -0.395 e. The Morgan fingerprint density at radius 3 is 2.53 bits per heavy atom. The summed E-state index contributed by atoms with van der Waals surface area (Å²) >= 11 is 3.33. The van der Waals surface area contributed by atoms with Crippen molar-refractivity contribution in [3.8, 4) is 0 Å². The van der Waals surface area contributed by atoms with E-state index in [9.17, 15) is 8.42 Å². The van der Waals surface area contributed by atoms with Crippen LogP contribution in [0.1, 0.15) is 12.5 Å². The van der Waals surface area contributed by atoms with Crippen molar-refractivity contribution in [2.24, 2.45) is 0 Å². The maximum Gasteiger partial charge on any atom is 0.243 e. The lowest BCUT2D eigenvalue weighted by molar-refractivity contribution is 0.257. The van der Waals surface area contributed by atoms with Crippen LogP contribution >= 0.6 is 15.9 Å². The van der Waals surface area contributed by atoms with E-state index >= 15 is 0 Å². The highest BCUT2D eigenvalue weighted by Crippen LogP contribution is 2.22. The molecule has 0 saturated heterocycles. The van der Waals surface area contributed by atoms with E-state index in [4.69, 9.17) is 5.11 Å². The first-order chi connectivity index (χ1) is 7.93. The normalized spacial score (nSPS) is 12.1. The lowest BCUT2D eigenvalue weighted by Gasteiger charge is -2.19. The molecule has 0 bridgehead atoms. The Bertz CT molecular complexity index is 487. The molecule has 1 rings (SSSR count). The van der Waals surface area contributed by atoms with Crippen molar-refractivity contribution < 1.29 is 13.5 Å². The smallest absolute Gasteiger partial charge is 0.243 e. The fourth-order valence-corrected chi connectivity index (χ4v) is 3.26. The number of aliphatic hydroxyl groups excluding tert-OH is 1. The van der Waals surface area contributed by atoms with E-state index in [1.54, 1.807) is 25.1 Å². The van der Waals surface area contributed by atoms with Crippen LogP contribution in [0, 0.1) is 6.92 Å². The van der Waals surface area contributed by atoms with Gasteiger partial charge in [-0.15, -0.1) is 0 Å². The van der Waals surface area contributed by atoms with E-state index in [1.807, 2.05) is 6.92 Å². The highest BCUT2D eigenvalue weighted by Gasteiger charge is 2.22. The zero-order valence-corrected chi connectivity index (χ0v) is 12.3. The summed E-state index contributed by atoms with van der Waals surface area (Å²) in [5.74, 6) is 0. The van der Waals surface area contributed by atoms with Gasteiger partial charge in [-0.2, -0.15) is 4.31 Å². The number of aliphatic hydroxyl groups is 1. The molecule has 0 radical (unpaired) electrons. The van der Waals surface area contributed by atoms with Gasteiger partial charge in [-0.25, -0.2) is 8.42 Å². The molecule has 6 heteroatoms. The Kier molecular flexibility index (Phi) is 5.12. The van der Waals surface area contributed by atoms with Crippen molar-refractivity contribution in [1.82, 2.24) is 4.31 Å². The van der Waals surface area contributed by atoms with Crippen molar-refractivity contribution in [1.29, 1.82) is 0 Å². The number of sulfonamides is 1. The summed E-state index contributed by atoms with van der Waals surface area (Å²) in [4.78, 5) is 0.258. The summed E-state index contributed by atoms with van der Waals surface area (Å²) in [5, 5.41) is 8.86. The van der Waals surface area contributed by atoms with Crippen LogP contribution in [0.3, 0.4) is 0 Å². The second-order valence-corrected chi connectivity index (χ2v) is 6.42. The predicted molar refractivity (Wildman–Crippen MR) is 70.4 cm³/mol. The SMILES string of the molecule is CCN(CCO)S(=O)(=O)c1ccc(Br)c(C)c1. The molecular formula is C11H16BrNO3S. The average molecular weight is 322 g/mol. The number of hydrogen-bond acceptors (Lipinski definition) is 3. The number of rotatable bonds is 5. The quantitative estimate of drug-likeness (QED) is 0.899. The van der Waals surface area contributed by atoms with E-state index in [1.165, 1.54) is 4.31 Å². The van der Waals surface area contributed by atoms with Gasteiger partial charge in [-0.05, 0) is 30.7 Å². The van der Waals surface area contributed by atoms with Gasteiger partial charge >= 0.3 is 0 Å². The summed E-state index contributed by atoms with van der Waals surface area (Å²) in [7, 11) is -3.50. The number of likely N-dealkylation sites (N-methyl/N-ethyl adjacent to an activating group) is 1. The summed E-state index contributed by atoms with van der Waals surface area (Å²) < 4.78 is 26.6. The maximum absolute atomic E-state index is 12.2. The van der Waals surface area contributed by atoms with Gasteiger partial charge in [-0.1, -0.05) is 22.9 Å². The molecule has 0 fully saturated rings. The van der Waals surface area contributed by atoms with E-state index in [-0.39, 0.29) is 18.0 Å². The molecule has 0 aliphatic carbocycles. The third kappa shape index (κ3) is 3.28. The van der Waals surface area contributed by atoms with Crippen LogP contribution in [0.25, 0.3) is 0 Å². The van der Waals surface area contributed by atoms with E-state index in [0.29, 0.717) is 6.54 Å². The van der Waals surface area contributed by atoms with Crippen LogP contribution in [0.15, 0.2) is 27.6 Å². The van der Waals surface area contributed by atoms with Crippen molar-refractivity contribution in [3.63, 3.8) is 0 Å². The molecule has 0 aliphatic heterocycles. The Morgan fingerprint density at radius 2 is 2.06 bits per heavy atom. The maximum atomic E-state index is 12.2. The van der Waals surface area contributed by atoms with Gasteiger partial charge in [0.2, 0.25) is 10.0 Å². The Hall–Kier alpha value is -0.430. The largest absolute Gasteiger partial charge is 0.395 e. The minimum absolute atomic E-state index is 0.119. The summed E-state index contributed by atoms with van der Waals surface area (Å²) in [5.41, 5.74) is 0.867. The fourth-order valence-electron chi connectivity index (χ4n) is 1.49. The van der Waals surface area contributed by atoms with Crippen LogP contribution in [-0.4, -0.2) is 37.5 Å². The van der Waals surface area contributed by atoms with Crippen LogP contribution < -0.4 is 0 Å². The first kappa shape index (κ1) is 14.6. The standard InChI is InChI=1S/C11H16BrNO3S/c1-3-13(6-7-14)17(15,16)10-4-5-11(12)9(2)8-10/h4-5,8,14H,3,6-7H2,1-2H3. The van der Waals surface area contributed by atoms with E-state index in [2.05, 4.69) is 15.9 Å². The molecule has 0 amide bonds. The Morgan fingerprint density at radius 1 is 1.41 bits per heavy atom. The van der Waals surface area contributed by atoms with Crippen molar-refractivity contribution >= 4 is 26.0 Å². The van der Waals surface area contributed by atoms with Crippen LogP contribution in [0.2, 0.25) is 0 Å². The number of aryl methyl sites for hydroxylation is 1. The average Bonchev–Trinajstić information content (AvgIpc) is 2.29. The topological polar surface area (TPSA) is 57.6 Å². The van der Waals surface area contributed by atoms with Gasteiger partial charge in [0.25, 0.3) is 0 Å². The van der Waals surface area contributed by atoms with Crippen molar-refractivity contribution in [3.05, 3.63) is 28.2 Å². The molecule has 1 N–H and O–H groups in total. The molecule has 0 aromatic heterocycles. The lowest BCUT2D eigenvalue weighted by atomic mass is 10.2. The molecular weight excluding hydrogens is 306 g/mol. The number of nitrogens with zero attached hydrogens (tertiary/aromatic N) is 1. The fraction of sp³-hybridized carbons (Fsp3) is 0.455. The summed E-state index contributed by atoms with van der Waals surface area (Å²) in [6.07, 6.45) is 0. The molecule has 0 aliphatic rings. The molecule has 0 saturated carbocycles. The number of hydrogen-bond donors (Lipinski definition) is 1.